The number of rotatable bonds is 8. The van der Waals surface area contributed by atoms with Gasteiger partial charge >= 0.3 is 0 Å². The van der Waals surface area contributed by atoms with Gasteiger partial charge in [-0.3, -0.25) is 40.5 Å². The minimum atomic E-state index is -0.598. The number of nitrogens with one attached hydrogen (secondary N) is 2. The Morgan fingerprint density at radius 3 is 0.781 bits per heavy atom. The second kappa shape index (κ2) is 16.2. The topological polar surface area (TPSA) is 230 Å². The standard InChI is InChI=1S/C44H22Cl4N8O8/c45-21-1-5-25(37(17-21)53(57)58)41-29-9-11-31(49-29)42(26-6-2-22(46)18-38(26)54(59)60)33-13-15-35(51-33)44(28-8-4-24(48)20-40(28)56(63)64)36-16-14-34(52-36)43(32-12-10-30(41)50-32)27-7-3-23(47)19-39(27)55(61)62/h1-20,49,52H. The Morgan fingerprint density at radius 1 is 0.359 bits per heavy atom. The van der Waals surface area contributed by atoms with E-state index >= 15 is 0 Å². The number of nitro groups is 4. The normalized spacial score (nSPS) is 11.8. The van der Waals surface area contributed by atoms with Gasteiger partial charge in [-0.1, -0.05) is 46.4 Å². The van der Waals surface area contributed by atoms with Crippen LogP contribution < -0.4 is 0 Å². The van der Waals surface area contributed by atoms with E-state index in [1.165, 1.54) is 72.8 Å². The summed E-state index contributed by atoms with van der Waals surface area (Å²) in [6, 6.07) is 22.9. The number of hydrogen-bond acceptors (Lipinski definition) is 10. The third kappa shape index (κ3) is 7.39. The summed E-state index contributed by atoms with van der Waals surface area (Å²) in [6.45, 7) is 0. The second-order valence-corrected chi connectivity index (χ2v) is 15.9. The van der Waals surface area contributed by atoms with Gasteiger partial charge in [0.25, 0.3) is 22.7 Å². The first-order chi connectivity index (χ1) is 30.7. The monoisotopic (exact) mass is 930 g/mol. The molecule has 20 heteroatoms. The molecular formula is C44H22Cl4N8O8. The highest BCUT2D eigenvalue weighted by Gasteiger charge is 2.28. The van der Waals surface area contributed by atoms with Crippen molar-refractivity contribution in [3.8, 4) is 44.5 Å². The van der Waals surface area contributed by atoms with E-state index in [9.17, 15) is 40.5 Å². The van der Waals surface area contributed by atoms with Gasteiger partial charge in [0.1, 0.15) is 0 Å². The molecule has 0 spiro atoms. The lowest BCUT2D eigenvalue weighted by molar-refractivity contribution is -0.384. The molecular weight excluding hydrogens is 910 g/mol. The maximum Gasteiger partial charge on any atom is 0.278 e. The Hall–Kier alpha value is -7.76. The smallest absolute Gasteiger partial charge is 0.278 e. The fourth-order valence-electron chi connectivity index (χ4n) is 7.81. The van der Waals surface area contributed by atoms with Gasteiger partial charge in [-0.25, -0.2) is 9.97 Å². The number of aromatic amines is 2. The third-order valence-electron chi connectivity index (χ3n) is 10.5. The Bertz CT molecular complexity index is 3050. The molecule has 0 radical (unpaired) electrons. The maximum absolute atomic E-state index is 12.6. The van der Waals surface area contributed by atoms with Crippen LogP contribution in [0.2, 0.25) is 20.1 Å². The largest absolute Gasteiger partial charge is 0.354 e. The molecule has 0 saturated heterocycles. The van der Waals surface area contributed by atoms with E-state index < -0.39 is 19.7 Å². The van der Waals surface area contributed by atoms with Crippen LogP contribution in [-0.2, 0) is 0 Å². The molecule has 0 fully saturated rings. The number of benzene rings is 4. The highest BCUT2D eigenvalue weighted by atomic mass is 35.5. The predicted molar refractivity (Wildman–Crippen MR) is 247 cm³/mol. The van der Waals surface area contributed by atoms with Crippen LogP contribution in [0.4, 0.5) is 22.7 Å². The number of nitrogens with zero attached hydrogens (tertiary/aromatic N) is 6. The first kappa shape index (κ1) is 41.6. The zero-order chi connectivity index (χ0) is 45.1. The zero-order valence-electron chi connectivity index (χ0n) is 32.0. The van der Waals surface area contributed by atoms with Crippen LogP contribution in [0.15, 0.2) is 97.1 Å². The average Bonchev–Trinajstić information content (AvgIpc) is 4.10. The maximum atomic E-state index is 12.6. The highest BCUT2D eigenvalue weighted by Crippen LogP contribution is 2.45. The van der Waals surface area contributed by atoms with Crippen LogP contribution in [-0.4, -0.2) is 39.6 Å². The molecule has 64 heavy (non-hydrogen) atoms. The van der Waals surface area contributed by atoms with Gasteiger partial charge < -0.3 is 9.97 Å². The lowest BCUT2D eigenvalue weighted by Crippen LogP contribution is -1.96. The fraction of sp³-hybridized carbons (Fsp3) is 0. The van der Waals surface area contributed by atoms with Gasteiger partial charge in [0, 0.05) is 88.7 Å². The van der Waals surface area contributed by atoms with E-state index in [0.29, 0.717) is 0 Å². The summed E-state index contributed by atoms with van der Waals surface area (Å²) < 4.78 is 0. The number of hydrogen-bond donors (Lipinski definition) is 2. The number of nitro benzene ring substituents is 4. The Balaban J connectivity index is 1.54. The lowest BCUT2D eigenvalue weighted by Gasteiger charge is -2.08. The van der Waals surface area contributed by atoms with Crippen LogP contribution >= 0.6 is 46.4 Å². The third-order valence-corrected chi connectivity index (χ3v) is 11.4. The minimum Gasteiger partial charge on any atom is -0.354 e. The van der Waals surface area contributed by atoms with E-state index in [1.807, 2.05) is 0 Å². The molecule has 0 amide bonds. The summed E-state index contributed by atoms with van der Waals surface area (Å²) in [5, 5.41) is 50.9. The molecule has 8 bridgehead atoms. The van der Waals surface area contributed by atoms with Crippen molar-refractivity contribution in [1.82, 2.24) is 19.9 Å². The predicted octanol–water partition coefficient (Wildman–Crippen LogP) is 13.6. The molecule has 2 aliphatic rings. The molecule has 2 N–H and O–H groups in total. The summed E-state index contributed by atoms with van der Waals surface area (Å²) in [4.78, 5) is 64.7. The van der Waals surface area contributed by atoms with Crippen molar-refractivity contribution in [3.63, 3.8) is 0 Å². The van der Waals surface area contributed by atoms with Gasteiger partial charge in [0.05, 0.1) is 64.7 Å². The molecule has 7 aromatic rings. The Kier molecular flexibility index (Phi) is 10.5. The molecule has 9 rings (SSSR count). The van der Waals surface area contributed by atoms with Crippen LogP contribution in [0.5, 0.6) is 0 Å². The summed E-state index contributed by atoms with van der Waals surface area (Å²) >= 11 is 25.1. The molecule has 4 aromatic carbocycles. The molecule has 16 nitrogen and oxygen atoms in total. The quantitative estimate of drug-likeness (QED) is 0.108. The minimum absolute atomic E-state index is 0.0877. The van der Waals surface area contributed by atoms with Crippen molar-refractivity contribution in [2.45, 2.75) is 0 Å². The Morgan fingerprint density at radius 2 is 0.578 bits per heavy atom. The number of halogens is 4. The van der Waals surface area contributed by atoms with Gasteiger partial charge in [-0.05, 0) is 97.1 Å². The van der Waals surface area contributed by atoms with Crippen molar-refractivity contribution < 1.29 is 19.7 Å². The molecule has 0 saturated carbocycles. The lowest BCUT2D eigenvalue weighted by atomic mass is 10.0. The van der Waals surface area contributed by atoms with E-state index in [1.54, 1.807) is 48.6 Å². The summed E-state index contributed by atoms with van der Waals surface area (Å²) in [7, 11) is 0. The van der Waals surface area contributed by atoms with Gasteiger partial charge in [0.2, 0.25) is 0 Å². The van der Waals surface area contributed by atoms with Crippen molar-refractivity contribution >= 4 is 116 Å². The molecule has 2 aliphatic heterocycles. The molecule has 0 unspecified atom stereocenters. The first-order valence-corrected chi connectivity index (χ1v) is 20.1. The molecule has 5 heterocycles. The van der Waals surface area contributed by atoms with E-state index in [4.69, 9.17) is 56.4 Å². The highest BCUT2D eigenvalue weighted by molar-refractivity contribution is 6.32. The fourth-order valence-corrected chi connectivity index (χ4v) is 8.47. The van der Waals surface area contributed by atoms with Gasteiger partial charge in [-0.2, -0.15) is 0 Å². The first-order valence-electron chi connectivity index (χ1n) is 18.6. The van der Waals surface area contributed by atoms with E-state index in [-0.39, 0.29) is 132 Å². The van der Waals surface area contributed by atoms with Crippen LogP contribution in [0, 0.1) is 40.5 Å². The van der Waals surface area contributed by atoms with Gasteiger partial charge in [0.15, 0.2) is 0 Å². The van der Waals surface area contributed by atoms with E-state index in [0.717, 1.165) is 0 Å². The van der Waals surface area contributed by atoms with Crippen molar-refractivity contribution in [1.29, 1.82) is 0 Å². The van der Waals surface area contributed by atoms with Crippen LogP contribution in [0.3, 0.4) is 0 Å². The van der Waals surface area contributed by atoms with E-state index in [2.05, 4.69) is 9.97 Å². The SMILES string of the molecule is O=[N+]([O-])c1cc(Cl)ccc1-c1c2nc(c(-c3ccc(Cl)cc3[N+](=O)[O-])c3ccc([nH]3)c(-c3ccc(Cl)cc3[N+](=O)[O-])c3nc(c(-c4ccc(Cl)cc4[N+](=O)[O-])c4ccc1[nH]4)C=C3)C=C2. The summed E-state index contributed by atoms with van der Waals surface area (Å²) in [5.41, 5.74) is 1.48. The molecule has 3 aromatic heterocycles. The number of fused-ring (bicyclic) bond motifs is 8. The van der Waals surface area contributed by atoms with Crippen molar-refractivity contribution in [3.05, 3.63) is 180 Å². The Labute approximate surface area is 378 Å². The van der Waals surface area contributed by atoms with Gasteiger partial charge in [-0.15, -0.1) is 0 Å². The molecule has 0 aliphatic carbocycles. The second-order valence-electron chi connectivity index (χ2n) is 14.2. The zero-order valence-corrected chi connectivity index (χ0v) is 35.0. The number of H-pyrrole nitrogens is 2. The summed E-state index contributed by atoms with van der Waals surface area (Å²) in [6.07, 6.45) is 6.34. The van der Waals surface area contributed by atoms with Crippen LogP contribution in [0.25, 0.3) is 90.9 Å². The van der Waals surface area contributed by atoms with Crippen molar-refractivity contribution in [2.75, 3.05) is 0 Å². The van der Waals surface area contributed by atoms with Crippen LogP contribution in [0.1, 0.15) is 22.8 Å². The number of aromatic nitrogens is 4. The van der Waals surface area contributed by atoms with Crippen molar-refractivity contribution in [2.24, 2.45) is 0 Å². The molecule has 0 atom stereocenters. The molecule has 314 valence electrons. The summed E-state index contributed by atoms with van der Waals surface area (Å²) in [5.74, 6) is 0. The average molecular weight is 933 g/mol.